The Morgan fingerprint density at radius 1 is 1.28 bits per heavy atom. The van der Waals surface area contributed by atoms with Crippen molar-refractivity contribution in [2.24, 2.45) is 0 Å². The van der Waals surface area contributed by atoms with Crippen LogP contribution in [-0.4, -0.2) is 25.5 Å². The molecule has 0 bridgehead atoms. The van der Waals surface area contributed by atoms with Gasteiger partial charge in [-0.2, -0.15) is 13.2 Å². The molecule has 1 aromatic rings. The molecule has 1 aromatic carbocycles. The van der Waals surface area contributed by atoms with Crippen molar-refractivity contribution in [2.75, 3.05) is 19.1 Å². The quantitative estimate of drug-likeness (QED) is 0.381. The number of para-hydroxylation sites is 1. The van der Waals surface area contributed by atoms with Crippen LogP contribution in [0.15, 0.2) is 24.3 Å². The number of benzene rings is 1. The van der Waals surface area contributed by atoms with Crippen molar-refractivity contribution in [3.05, 3.63) is 29.8 Å². The number of anilines is 1. The molecule has 0 saturated heterocycles. The van der Waals surface area contributed by atoms with E-state index in [0.29, 0.717) is 11.3 Å². The lowest BCUT2D eigenvalue weighted by Gasteiger charge is -2.09. The summed E-state index contributed by atoms with van der Waals surface area (Å²) >= 11 is 0. The van der Waals surface area contributed by atoms with Crippen molar-refractivity contribution in [1.82, 2.24) is 0 Å². The van der Waals surface area contributed by atoms with Gasteiger partial charge in [-0.1, -0.05) is 18.2 Å². The summed E-state index contributed by atoms with van der Waals surface area (Å²) in [6, 6.07) is 6.64. The zero-order valence-corrected chi connectivity index (χ0v) is 9.37. The van der Waals surface area contributed by atoms with Gasteiger partial charge in [-0.05, 0) is 11.6 Å². The van der Waals surface area contributed by atoms with Crippen LogP contribution in [0.3, 0.4) is 0 Å². The Morgan fingerprint density at radius 2 is 1.94 bits per heavy atom. The standard InChI is InChI=1S/C11H12F3NO3/c12-11(13,14)6-17-7-18-10(16)5-8-3-1-2-4-9(8)15/h1-4H,5-7,15H2. The normalized spacial score (nSPS) is 11.3. The zero-order valence-electron chi connectivity index (χ0n) is 9.37. The van der Waals surface area contributed by atoms with Crippen molar-refractivity contribution in [3.8, 4) is 0 Å². The topological polar surface area (TPSA) is 61.6 Å². The van der Waals surface area contributed by atoms with Crippen LogP contribution in [0.4, 0.5) is 18.9 Å². The molecule has 0 aromatic heterocycles. The fraction of sp³-hybridized carbons (Fsp3) is 0.364. The molecular formula is C11H12F3NO3. The summed E-state index contributed by atoms with van der Waals surface area (Å²) in [5, 5.41) is 0. The predicted molar refractivity (Wildman–Crippen MR) is 57.5 cm³/mol. The number of nitrogen functional groups attached to an aromatic ring is 1. The van der Waals surface area contributed by atoms with Gasteiger partial charge in [0.15, 0.2) is 6.79 Å². The van der Waals surface area contributed by atoms with Crippen molar-refractivity contribution >= 4 is 11.7 Å². The number of hydrogen-bond donors (Lipinski definition) is 1. The second-order valence-electron chi connectivity index (χ2n) is 3.47. The molecule has 0 saturated carbocycles. The average Bonchev–Trinajstić information content (AvgIpc) is 2.26. The minimum Gasteiger partial charge on any atom is -0.438 e. The molecule has 0 heterocycles. The first-order valence-electron chi connectivity index (χ1n) is 5.02. The zero-order chi connectivity index (χ0) is 13.6. The highest BCUT2D eigenvalue weighted by Crippen LogP contribution is 2.14. The molecule has 0 spiro atoms. The highest BCUT2D eigenvalue weighted by Gasteiger charge is 2.27. The van der Waals surface area contributed by atoms with Crippen molar-refractivity contribution < 1.29 is 27.4 Å². The average molecular weight is 263 g/mol. The van der Waals surface area contributed by atoms with Crippen molar-refractivity contribution in [1.29, 1.82) is 0 Å². The van der Waals surface area contributed by atoms with Crippen LogP contribution in [0.25, 0.3) is 0 Å². The molecule has 7 heteroatoms. The Hall–Kier alpha value is -1.76. The minimum absolute atomic E-state index is 0.109. The maximum Gasteiger partial charge on any atom is 0.411 e. The lowest BCUT2D eigenvalue weighted by molar-refractivity contribution is -0.199. The molecule has 0 aliphatic heterocycles. The van der Waals surface area contributed by atoms with E-state index in [4.69, 9.17) is 5.73 Å². The van der Waals surface area contributed by atoms with Crippen molar-refractivity contribution in [2.45, 2.75) is 12.6 Å². The second-order valence-corrected chi connectivity index (χ2v) is 3.47. The van der Waals surface area contributed by atoms with E-state index in [-0.39, 0.29) is 6.42 Å². The van der Waals surface area contributed by atoms with Gasteiger partial charge in [-0.3, -0.25) is 4.79 Å². The Balaban J connectivity index is 2.29. The molecule has 18 heavy (non-hydrogen) atoms. The molecule has 4 nitrogen and oxygen atoms in total. The van der Waals surface area contributed by atoms with E-state index in [9.17, 15) is 18.0 Å². The van der Waals surface area contributed by atoms with Crippen LogP contribution in [0.1, 0.15) is 5.56 Å². The van der Waals surface area contributed by atoms with Gasteiger partial charge in [0.25, 0.3) is 0 Å². The molecule has 2 N–H and O–H groups in total. The maximum absolute atomic E-state index is 11.7. The Bertz CT molecular complexity index is 407. The molecule has 0 unspecified atom stereocenters. The minimum atomic E-state index is -4.43. The van der Waals surface area contributed by atoms with E-state index < -0.39 is 25.5 Å². The number of nitrogens with two attached hydrogens (primary N) is 1. The van der Waals surface area contributed by atoms with E-state index in [1.54, 1.807) is 24.3 Å². The summed E-state index contributed by atoms with van der Waals surface area (Å²) in [6.07, 6.45) is -4.54. The van der Waals surface area contributed by atoms with E-state index in [2.05, 4.69) is 9.47 Å². The van der Waals surface area contributed by atoms with Gasteiger partial charge in [0.1, 0.15) is 6.61 Å². The number of esters is 1. The van der Waals surface area contributed by atoms with Gasteiger partial charge < -0.3 is 15.2 Å². The van der Waals surface area contributed by atoms with Crippen LogP contribution in [0.2, 0.25) is 0 Å². The summed E-state index contributed by atoms with van der Waals surface area (Å²) < 4.78 is 43.7. The number of rotatable bonds is 5. The third kappa shape index (κ3) is 5.53. The molecule has 0 atom stereocenters. The van der Waals surface area contributed by atoms with Crippen molar-refractivity contribution in [3.63, 3.8) is 0 Å². The van der Waals surface area contributed by atoms with Crippen LogP contribution in [0, 0.1) is 0 Å². The molecule has 0 aliphatic rings. The van der Waals surface area contributed by atoms with Crippen LogP contribution >= 0.6 is 0 Å². The molecule has 1 rings (SSSR count). The lowest BCUT2D eigenvalue weighted by Crippen LogP contribution is -2.20. The van der Waals surface area contributed by atoms with Gasteiger partial charge in [-0.15, -0.1) is 0 Å². The summed E-state index contributed by atoms with van der Waals surface area (Å²) in [7, 11) is 0. The molecule has 0 radical (unpaired) electrons. The molecule has 0 fully saturated rings. The van der Waals surface area contributed by atoms with Crippen LogP contribution < -0.4 is 5.73 Å². The monoisotopic (exact) mass is 263 g/mol. The molecular weight excluding hydrogens is 251 g/mol. The van der Waals surface area contributed by atoms with Crippen LogP contribution in [0.5, 0.6) is 0 Å². The maximum atomic E-state index is 11.7. The number of carbonyl (C=O) groups excluding carboxylic acids is 1. The molecule has 0 amide bonds. The number of ether oxygens (including phenoxy) is 2. The fourth-order valence-electron chi connectivity index (χ4n) is 1.17. The van der Waals surface area contributed by atoms with Gasteiger partial charge in [0.05, 0.1) is 6.42 Å². The molecule has 0 aliphatic carbocycles. The first-order valence-corrected chi connectivity index (χ1v) is 5.02. The van der Waals surface area contributed by atoms with Gasteiger partial charge >= 0.3 is 12.1 Å². The second kappa shape index (κ2) is 6.25. The number of carbonyl (C=O) groups is 1. The van der Waals surface area contributed by atoms with E-state index >= 15 is 0 Å². The molecule has 100 valence electrons. The lowest BCUT2D eigenvalue weighted by atomic mass is 10.1. The number of alkyl halides is 3. The third-order valence-corrected chi connectivity index (χ3v) is 1.96. The van der Waals surface area contributed by atoms with Crippen LogP contribution in [-0.2, 0) is 20.7 Å². The summed E-state index contributed by atoms with van der Waals surface area (Å²) in [4.78, 5) is 11.3. The highest BCUT2D eigenvalue weighted by atomic mass is 19.4. The van der Waals surface area contributed by atoms with E-state index in [1.807, 2.05) is 0 Å². The Labute approximate surface area is 101 Å². The third-order valence-electron chi connectivity index (χ3n) is 1.96. The first kappa shape index (κ1) is 14.3. The number of hydrogen-bond acceptors (Lipinski definition) is 4. The van der Waals surface area contributed by atoms with E-state index in [1.165, 1.54) is 0 Å². The number of halogens is 3. The fourth-order valence-corrected chi connectivity index (χ4v) is 1.17. The highest BCUT2D eigenvalue weighted by molar-refractivity contribution is 5.74. The summed E-state index contributed by atoms with van der Waals surface area (Å²) in [5.41, 5.74) is 6.57. The SMILES string of the molecule is Nc1ccccc1CC(=O)OCOCC(F)(F)F. The summed E-state index contributed by atoms with van der Waals surface area (Å²) in [6.45, 7) is -2.18. The summed E-state index contributed by atoms with van der Waals surface area (Å²) in [5.74, 6) is -0.699. The predicted octanol–water partition coefficient (Wildman–Crippen LogP) is 1.89. The van der Waals surface area contributed by atoms with Gasteiger partial charge in [-0.25, -0.2) is 0 Å². The van der Waals surface area contributed by atoms with Gasteiger partial charge in [0, 0.05) is 5.69 Å². The smallest absolute Gasteiger partial charge is 0.411 e. The first-order chi connectivity index (χ1) is 8.38. The van der Waals surface area contributed by atoms with Gasteiger partial charge in [0.2, 0.25) is 0 Å². The largest absolute Gasteiger partial charge is 0.438 e. The van der Waals surface area contributed by atoms with E-state index in [0.717, 1.165) is 0 Å². The Morgan fingerprint density at radius 3 is 2.56 bits per heavy atom. The Kier molecular flexibility index (Phi) is 4.96.